The molecule has 0 N–H and O–H groups in total. The Morgan fingerprint density at radius 2 is 1.54 bits per heavy atom. The maximum Gasteiger partial charge on any atom is 0.254 e. The highest BCUT2D eigenvalue weighted by Gasteiger charge is 2.29. The predicted octanol–water partition coefficient (Wildman–Crippen LogP) is 6.77. The van der Waals surface area contributed by atoms with E-state index in [0.717, 1.165) is 62.8 Å². The van der Waals surface area contributed by atoms with Crippen LogP contribution in [0.4, 0.5) is 4.39 Å². The van der Waals surface area contributed by atoms with Gasteiger partial charge in [-0.3, -0.25) is 9.69 Å². The summed E-state index contributed by atoms with van der Waals surface area (Å²) in [5.41, 5.74) is 7.11. The number of carbonyl (C=O) groups excluding carboxylic acids is 1. The van der Waals surface area contributed by atoms with E-state index in [4.69, 9.17) is 0 Å². The van der Waals surface area contributed by atoms with Crippen LogP contribution in [0.3, 0.4) is 0 Å². The second-order valence-electron chi connectivity index (χ2n) is 10.3. The van der Waals surface area contributed by atoms with Gasteiger partial charge in [0, 0.05) is 43.2 Å². The van der Waals surface area contributed by atoms with Gasteiger partial charge in [0.2, 0.25) is 0 Å². The van der Waals surface area contributed by atoms with Crippen LogP contribution in [-0.2, 0) is 0 Å². The smallest absolute Gasteiger partial charge is 0.254 e. The number of hydrogen-bond donors (Lipinski definition) is 0. The summed E-state index contributed by atoms with van der Waals surface area (Å²) in [4.78, 5) is 18.0. The Balaban J connectivity index is 1.21. The Kier molecular flexibility index (Phi) is 6.75. The molecule has 0 aromatic heterocycles. The van der Waals surface area contributed by atoms with Gasteiger partial charge in [-0.05, 0) is 80.7 Å². The van der Waals surface area contributed by atoms with Crippen molar-refractivity contribution in [3.8, 4) is 0 Å². The van der Waals surface area contributed by atoms with Crippen LogP contribution < -0.4 is 0 Å². The molecule has 1 amide bonds. The summed E-state index contributed by atoms with van der Waals surface area (Å²) in [6.45, 7) is 9.98. The van der Waals surface area contributed by atoms with Gasteiger partial charge in [-0.1, -0.05) is 53.6 Å². The van der Waals surface area contributed by atoms with Gasteiger partial charge in [0.15, 0.2) is 0 Å². The van der Waals surface area contributed by atoms with Crippen molar-refractivity contribution in [2.24, 2.45) is 0 Å². The molecule has 0 unspecified atom stereocenters. The number of aryl methyl sites for hydroxylation is 2. The van der Waals surface area contributed by atoms with E-state index >= 15 is 0 Å². The largest absolute Gasteiger partial charge is 0.339 e. The fraction of sp³-hybridized carbons (Fsp3) is 0.387. The average molecular weight is 471 g/mol. The average Bonchev–Trinajstić information content (AvgIpc) is 2.88. The van der Waals surface area contributed by atoms with Gasteiger partial charge in [-0.25, -0.2) is 4.39 Å². The molecular weight excluding hydrogens is 435 g/mol. The molecule has 2 heterocycles. The SMILES string of the molecule is CC(=C1CCN(C2CCN(C(=O)c3cccc4c(F)cc(C)cc34)CC2)CC1)c1ccc(C)cc1. The summed E-state index contributed by atoms with van der Waals surface area (Å²) in [6.07, 6.45) is 4.25. The van der Waals surface area contributed by atoms with Crippen LogP contribution in [0.15, 0.2) is 60.2 Å². The van der Waals surface area contributed by atoms with Crippen molar-refractivity contribution in [1.29, 1.82) is 0 Å². The molecule has 0 radical (unpaired) electrons. The summed E-state index contributed by atoms with van der Waals surface area (Å²) in [5, 5.41) is 1.24. The summed E-state index contributed by atoms with van der Waals surface area (Å²) < 4.78 is 14.4. The Morgan fingerprint density at radius 1 is 0.857 bits per heavy atom. The minimum atomic E-state index is -0.260. The number of likely N-dealkylation sites (tertiary alicyclic amines) is 2. The Bertz CT molecular complexity index is 1260. The molecule has 2 aliphatic heterocycles. The number of amides is 1. The minimum absolute atomic E-state index is 0.0247. The van der Waals surface area contributed by atoms with Gasteiger partial charge < -0.3 is 4.90 Å². The third kappa shape index (κ3) is 4.90. The van der Waals surface area contributed by atoms with Gasteiger partial charge in [0.05, 0.1) is 0 Å². The van der Waals surface area contributed by atoms with Gasteiger partial charge in [-0.2, -0.15) is 0 Å². The lowest BCUT2D eigenvalue weighted by atomic mass is 9.92. The van der Waals surface area contributed by atoms with E-state index in [1.807, 2.05) is 24.0 Å². The van der Waals surface area contributed by atoms with Crippen molar-refractivity contribution in [1.82, 2.24) is 9.80 Å². The van der Waals surface area contributed by atoms with E-state index in [1.165, 1.54) is 22.8 Å². The first kappa shape index (κ1) is 23.7. The van der Waals surface area contributed by atoms with Crippen molar-refractivity contribution in [3.63, 3.8) is 0 Å². The monoisotopic (exact) mass is 470 g/mol. The zero-order valence-corrected chi connectivity index (χ0v) is 21.1. The molecule has 0 atom stereocenters. The summed E-state index contributed by atoms with van der Waals surface area (Å²) in [7, 11) is 0. The third-order valence-electron chi connectivity index (χ3n) is 8.00. The molecule has 0 bridgehead atoms. The van der Waals surface area contributed by atoms with Crippen LogP contribution in [0.5, 0.6) is 0 Å². The first-order valence-electron chi connectivity index (χ1n) is 12.9. The first-order valence-corrected chi connectivity index (χ1v) is 12.9. The molecule has 3 nitrogen and oxygen atoms in total. The van der Waals surface area contributed by atoms with Crippen molar-refractivity contribution in [2.45, 2.75) is 52.5 Å². The standard InChI is InChI=1S/C31H35FN2O/c1-21-7-9-24(10-8-21)23(3)25-11-15-33(16-12-25)26-13-17-34(18-14-26)31(35)28-6-4-5-27-29(28)19-22(2)20-30(27)32/h4-10,19-20,26H,11-18H2,1-3H3. The van der Waals surface area contributed by atoms with Crippen molar-refractivity contribution < 1.29 is 9.18 Å². The highest BCUT2D eigenvalue weighted by atomic mass is 19.1. The number of carbonyl (C=O) groups is 1. The molecule has 3 aromatic carbocycles. The summed E-state index contributed by atoms with van der Waals surface area (Å²) in [6, 6.07) is 18.2. The first-order chi connectivity index (χ1) is 16.9. The lowest BCUT2D eigenvalue weighted by Crippen LogP contribution is -2.48. The highest BCUT2D eigenvalue weighted by Crippen LogP contribution is 2.30. The van der Waals surface area contributed by atoms with Gasteiger partial charge in [0.25, 0.3) is 5.91 Å². The lowest BCUT2D eigenvalue weighted by Gasteiger charge is -2.41. The maximum absolute atomic E-state index is 14.4. The molecule has 35 heavy (non-hydrogen) atoms. The molecule has 0 saturated carbocycles. The predicted molar refractivity (Wildman–Crippen MR) is 142 cm³/mol. The van der Waals surface area contributed by atoms with Crippen molar-refractivity contribution in [2.75, 3.05) is 26.2 Å². The molecule has 3 aromatic rings. The van der Waals surface area contributed by atoms with E-state index in [-0.39, 0.29) is 11.7 Å². The number of hydrogen-bond acceptors (Lipinski definition) is 2. The van der Waals surface area contributed by atoms with Crippen molar-refractivity contribution in [3.05, 3.63) is 88.2 Å². The maximum atomic E-state index is 14.4. The van der Waals surface area contributed by atoms with Gasteiger partial charge in [-0.15, -0.1) is 0 Å². The zero-order valence-electron chi connectivity index (χ0n) is 21.1. The molecule has 5 rings (SSSR count). The van der Waals surface area contributed by atoms with Crippen LogP contribution in [0.1, 0.15) is 59.7 Å². The number of halogens is 1. The lowest BCUT2D eigenvalue weighted by molar-refractivity contribution is 0.0610. The fourth-order valence-corrected chi connectivity index (χ4v) is 5.81. The van der Waals surface area contributed by atoms with Crippen LogP contribution in [0, 0.1) is 19.7 Å². The third-order valence-corrected chi connectivity index (χ3v) is 8.00. The fourth-order valence-electron chi connectivity index (χ4n) is 5.81. The number of nitrogens with zero attached hydrogens (tertiary/aromatic N) is 2. The topological polar surface area (TPSA) is 23.6 Å². The number of benzene rings is 3. The molecule has 2 fully saturated rings. The molecule has 2 aliphatic rings. The van der Waals surface area contributed by atoms with Gasteiger partial charge in [0.1, 0.15) is 5.82 Å². The summed E-state index contributed by atoms with van der Waals surface area (Å²) in [5.74, 6) is -0.235. The van der Waals surface area contributed by atoms with E-state index < -0.39 is 0 Å². The van der Waals surface area contributed by atoms with Crippen LogP contribution in [0.2, 0.25) is 0 Å². The number of allylic oxidation sites excluding steroid dienone is 1. The second kappa shape index (κ2) is 9.94. The van der Waals surface area contributed by atoms with Crippen LogP contribution in [-0.4, -0.2) is 47.9 Å². The quantitative estimate of drug-likeness (QED) is 0.422. The van der Waals surface area contributed by atoms with Gasteiger partial charge >= 0.3 is 0 Å². The van der Waals surface area contributed by atoms with E-state index in [2.05, 4.69) is 43.0 Å². The number of rotatable bonds is 3. The Morgan fingerprint density at radius 3 is 2.23 bits per heavy atom. The summed E-state index contributed by atoms with van der Waals surface area (Å²) >= 11 is 0. The highest BCUT2D eigenvalue weighted by molar-refractivity contribution is 6.07. The van der Waals surface area contributed by atoms with Crippen molar-refractivity contribution >= 4 is 22.3 Å². The van der Waals surface area contributed by atoms with Crippen LogP contribution in [0.25, 0.3) is 16.3 Å². The van der Waals surface area contributed by atoms with E-state index in [0.29, 0.717) is 17.0 Å². The number of fused-ring (bicyclic) bond motifs is 1. The van der Waals surface area contributed by atoms with E-state index in [9.17, 15) is 9.18 Å². The normalized spacial score (nSPS) is 17.7. The Hall–Kier alpha value is -2.98. The molecule has 0 spiro atoms. The second-order valence-corrected chi connectivity index (χ2v) is 10.3. The van der Waals surface area contributed by atoms with E-state index in [1.54, 1.807) is 17.7 Å². The minimum Gasteiger partial charge on any atom is -0.339 e. The molecule has 2 saturated heterocycles. The van der Waals surface area contributed by atoms with Crippen LogP contribution >= 0.6 is 0 Å². The molecular formula is C31H35FN2O. The molecule has 4 heteroatoms. The molecule has 0 aliphatic carbocycles. The number of piperidine rings is 2. The zero-order chi connectivity index (χ0) is 24.5. The Labute approximate surface area is 208 Å². The molecule has 182 valence electrons.